The Kier molecular flexibility index (Phi) is 6.26. The normalized spacial score (nSPS) is 34.3. The molecule has 2 unspecified atom stereocenters. The molecule has 0 spiro atoms. The van der Waals surface area contributed by atoms with E-state index in [1.54, 1.807) is 23.8 Å². The zero-order valence-electron chi connectivity index (χ0n) is 20.0. The van der Waals surface area contributed by atoms with Gasteiger partial charge in [0.25, 0.3) is 0 Å². The number of esters is 1. The lowest BCUT2D eigenvalue weighted by molar-refractivity contribution is -0.0841. The third-order valence-corrected chi connectivity index (χ3v) is 9.14. The molecule has 3 aliphatic carbocycles. The van der Waals surface area contributed by atoms with Crippen LogP contribution in [-0.2, 0) is 4.74 Å². The van der Waals surface area contributed by atoms with Crippen LogP contribution in [0.2, 0.25) is 0 Å². The molecular weight excluding hydrogens is 400 g/mol. The number of fused-ring (bicyclic) bond motifs is 3. The summed E-state index contributed by atoms with van der Waals surface area (Å²) in [5.41, 5.74) is 2.00. The average Bonchev–Trinajstić information content (AvgIpc) is 2.77. The molecule has 1 aromatic rings. The highest BCUT2D eigenvalue weighted by atomic mass is 16.5. The highest BCUT2D eigenvalue weighted by molar-refractivity contribution is 6.02. The molecule has 3 aliphatic rings. The quantitative estimate of drug-likeness (QED) is 0.408. The van der Waals surface area contributed by atoms with Crippen LogP contribution in [0, 0.1) is 34.5 Å². The van der Waals surface area contributed by atoms with E-state index in [-0.39, 0.29) is 22.0 Å². The summed E-state index contributed by atoms with van der Waals surface area (Å²) in [6.07, 6.45) is 10.9. The summed E-state index contributed by atoms with van der Waals surface area (Å²) in [6, 6.07) is 6.32. The molecule has 1 N–H and O–H groups in total. The highest BCUT2D eigenvalue weighted by Gasteiger charge is 2.55. The summed E-state index contributed by atoms with van der Waals surface area (Å²) in [7, 11) is 0. The SMILES string of the molecule is CC(C)C1CC[C@@H]2C(=CCC3[C@@](C)(COC(=O)c4ccccc4C(=O)O)CCC[C@@]32C)C1. The van der Waals surface area contributed by atoms with Gasteiger partial charge in [0.05, 0.1) is 17.7 Å². The van der Waals surface area contributed by atoms with E-state index in [0.717, 1.165) is 31.1 Å². The van der Waals surface area contributed by atoms with Gasteiger partial charge in [0.1, 0.15) is 0 Å². The fourth-order valence-electron chi connectivity index (χ4n) is 7.25. The van der Waals surface area contributed by atoms with Gasteiger partial charge in [0.2, 0.25) is 0 Å². The van der Waals surface area contributed by atoms with Crippen LogP contribution in [0.3, 0.4) is 0 Å². The molecule has 4 rings (SSSR count). The van der Waals surface area contributed by atoms with Crippen LogP contribution in [-0.4, -0.2) is 23.7 Å². The Morgan fingerprint density at radius 2 is 1.84 bits per heavy atom. The molecule has 0 aromatic heterocycles. The lowest BCUT2D eigenvalue weighted by Gasteiger charge is -2.59. The Bertz CT molecular complexity index is 916. The van der Waals surface area contributed by atoms with Crippen molar-refractivity contribution < 1.29 is 19.4 Å². The molecule has 0 bridgehead atoms. The number of allylic oxidation sites excluding steroid dienone is 2. The number of aromatic carboxylic acids is 1. The minimum Gasteiger partial charge on any atom is -0.478 e. The summed E-state index contributed by atoms with van der Waals surface area (Å²) in [4.78, 5) is 24.3. The van der Waals surface area contributed by atoms with Gasteiger partial charge in [-0.3, -0.25) is 0 Å². The molecule has 2 fully saturated rings. The number of rotatable bonds is 5. The van der Waals surface area contributed by atoms with Gasteiger partial charge in [-0.25, -0.2) is 9.59 Å². The monoisotopic (exact) mass is 438 g/mol. The first-order valence-corrected chi connectivity index (χ1v) is 12.3. The molecule has 0 heterocycles. The van der Waals surface area contributed by atoms with E-state index in [4.69, 9.17) is 4.74 Å². The second kappa shape index (κ2) is 8.68. The predicted octanol–water partition coefficient (Wildman–Crippen LogP) is 6.76. The van der Waals surface area contributed by atoms with Gasteiger partial charge in [-0.05, 0) is 79.7 Å². The van der Waals surface area contributed by atoms with Gasteiger partial charge in [-0.15, -0.1) is 0 Å². The van der Waals surface area contributed by atoms with E-state index >= 15 is 0 Å². The van der Waals surface area contributed by atoms with Gasteiger partial charge in [0.15, 0.2) is 0 Å². The van der Waals surface area contributed by atoms with Crippen LogP contribution in [0.25, 0.3) is 0 Å². The number of hydrogen-bond acceptors (Lipinski definition) is 3. The third kappa shape index (κ3) is 4.02. The second-order valence-electron chi connectivity index (χ2n) is 11.3. The first kappa shape index (κ1) is 23.1. The van der Waals surface area contributed by atoms with Crippen molar-refractivity contribution in [3.63, 3.8) is 0 Å². The van der Waals surface area contributed by atoms with Crippen molar-refractivity contribution in [3.8, 4) is 0 Å². The number of carboxylic acid groups (broad SMARTS) is 1. The Morgan fingerprint density at radius 1 is 1.12 bits per heavy atom. The maximum absolute atomic E-state index is 12.8. The first-order chi connectivity index (χ1) is 15.2. The Balaban J connectivity index is 1.52. The van der Waals surface area contributed by atoms with Crippen LogP contribution in [0.5, 0.6) is 0 Å². The summed E-state index contributed by atoms with van der Waals surface area (Å²) in [5, 5.41) is 9.42. The molecule has 4 heteroatoms. The summed E-state index contributed by atoms with van der Waals surface area (Å²) in [6.45, 7) is 9.83. The summed E-state index contributed by atoms with van der Waals surface area (Å²) in [5.74, 6) is 1.06. The van der Waals surface area contributed by atoms with E-state index < -0.39 is 11.9 Å². The number of carbonyl (C=O) groups is 2. The molecule has 4 nitrogen and oxygen atoms in total. The molecular formula is C28H38O4. The molecule has 5 atom stereocenters. The predicted molar refractivity (Wildman–Crippen MR) is 126 cm³/mol. The minimum absolute atomic E-state index is 0.00305. The smallest absolute Gasteiger partial charge is 0.339 e. The summed E-state index contributed by atoms with van der Waals surface area (Å²) < 4.78 is 5.82. The molecule has 0 saturated heterocycles. The van der Waals surface area contributed by atoms with E-state index in [9.17, 15) is 14.7 Å². The van der Waals surface area contributed by atoms with Crippen LogP contribution in [0.15, 0.2) is 35.9 Å². The van der Waals surface area contributed by atoms with E-state index in [0.29, 0.717) is 18.4 Å². The van der Waals surface area contributed by atoms with Crippen LogP contribution < -0.4 is 0 Å². The van der Waals surface area contributed by atoms with Crippen molar-refractivity contribution in [2.75, 3.05) is 6.61 Å². The standard InChI is InChI=1S/C28H38O4/c1-18(2)19-10-12-23-20(16-19)11-13-24-27(3,14-7-15-28(23,24)4)17-32-26(31)22-9-6-5-8-21(22)25(29)30/h5-6,8-9,11,18-19,23-24H,7,10,12-17H2,1-4H3,(H,29,30)/t19?,23-,24?,27-,28-/m1/s1. The van der Waals surface area contributed by atoms with E-state index in [1.807, 2.05) is 0 Å². The number of carboxylic acids is 1. The van der Waals surface area contributed by atoms with Gasteiger partial charge < -0.3 is 9.84 Å². The molecule has 2 saturated carbocycles. The Hall–Kier alpha value is -2.10. The minimum atomic E-state index is -1.10. The van der Waals surface area contributed by atoms with Crippen molar-refractivity contribution >= 4 is 11.9 Å². The molecule has 0 radical (unpaired) electrons. The maximum atomic E-state index is 12.8. The van der Waals surface area contributed by atoms with Crippen LogP contribution in [0.4, 0.5) is 0 Å². The second-order valence-corrected chi connectivity index (χ2v) is 11.3. The van der Waals surface area contributed by atoms with Crippen LogP contribution in [0.1, 0.15) is 93.4 Å². The largest absolute Gasteiger partial charge is 0.478 e. The van der Waals surface area contributed by atoms with E-state index in [1.165, 1.54) is 31.7 Å². The lowest BCUT2D eigenvalue weighted by Crippen LogP contribution is -2.52. The van der Waals surface area contributed by atoms with Gasteiger partial charge in [-0.2, -0.15) is 0 Å². The van der Waals surface area contributed by atoms with Crippen molar-refractivity contribution in [1.29, 1.82) is 0 Å². The lowest BCUT2D eigenvalue weighted by atomic mass is 9.46. The number of ether oxygens (including phenoxy) is 1. The molecule has 32 heavy (non-hydrogen) atoms. The zero-order chi connectivity index (χ0) is 23.1. The highest BCUT2D eigenvalue weighted by Crippen LogP contribution is 2.62. The number of benzene rings is 1. The maximum Gasteiger partial charge on any atom is 0.339 e. The van der Waals surface area contributed by atoms with Crippen molar-refractivity contribution in [3.05, 3.63) is 47.0 Å². The average molecular weight is 439 g/mol. The van der Waals surface area contributed by atoms with Gasteiger partial charge >= 0.3 is 11.9 Å². The van der Waals surface area contributed by atoms with Gasteiger partial charge in [0, 0.05) is 5.41 Å². The Morgan fingerprint density at radius 3 is 2.53 bits per heavy atom. The molecule has 174 valence electrons. The molecule has 0 aliphatic heterocycles. The number of carbonyl (C=O) groups excluding carboxylic acids is 1. The Labute approximate surface area is 192 Å². The molecule has 1 aromatic carbocycles. The van der Waals surface area contributed by atoms with Gasteiger partial charge in [-0.1, -0.05) is 57.9 Å². The topological polar surface area (TPSA) is 63.6 Å². The van der Waals surface area contributed by atoms with Crippen LogP contribution >= 0.6 is 0 Å². The fraction of sp³-hybridized carbons (Fsp3) is 0.643. The van der Waals surface area contributed by atoms with Crippen molar-refractivity contribution in [2.24, 2.45) is 34.5 Å². The fourth-order valence-corrected chi connectivity index (χ4v) is 7.25. The zero-order valence-corrected chi connectivity index (χ0v) is 20.0. The number of hydrogen-bond donors (Lipinski definition) is 1. The van der Waals surface area contributed by atoms with Crippen molar-refractivity contribution in [2.45, 2.75) is 72.6 Å². The van der Waals surface area contributed by atoms with E-state index in [2.05, 4.69) is 33.8 Å². The summed E-state index contributed by atoms with van der Waals surface area (Å²) >= 11 is 0. The van der Waals surface area contributed by atoms with Crippen molar-refractivity contribution in [1.82, 2.24) is 0 Å². The molecule has 0 amide bonds. The first-order valence-electron chi connectivity index (χ1n) is 12.3. The third-order valence-electron chi connectivity index (χ3n) is 9.14.